The van der Waals surface area contributed by atoms with E-state index in [4.69, 9.17) is 0 Å². The fraction of sp³-hybridized carbons (Fsp3) is 0.167. The maximum atomic E-state index is 4.25. The van der Waals surface area contributed by atoms with E-state index in [1.165, 1.54) is 5.56 Å². The molecule has 1 N–H and O–H groups in total. The van der Waals surface area contributed by atoms with E-state index < -0.39 is 0 Å². The van der Waals surface area contributed by atoms with E-state index in [0.29, 0.717) is 0 Å². The predicted octanol–water partition coefficient (Wildman–Crippen LogP) is 2.81. The van der Waals surface area contributed by atoms with Gasteiger partial charge in [-0.2, -0.15) is 0 Å². The summed E-state index contributed by atoms with van der Waals surface area (Å²) in [5, 5.41) is 4.07. The molecule has 0 fully saturated rings. The van der Waals surface area contributed by atoms with Crippen molar-refractivity contribution in [2.75, 3.05) is 12.4 Å². The lowest BCUT2D eigenvalue weighted by Gasteiger charge is -2.06. The fourth-order valence-corrected chi connectivity index (χ4v) is 2.26. The quantitative estimate of drug-likeness (QED) is 0.648. The zero-order valence-corrected chi connectivity index (χ0v) is 9.87. The van der Waals surface area contributed by atoms with Gasteiger partial charge < -0.3 is 5.32 Å². The average Bonchev–Trinajstić information content (AvgIpc) is 2.38. The van der Waals surface area contributed by atoms with Gasteiger partial charge in [-0.05, 0) is 5.56 Å². The Bertz CT molecular complexity index is 445. The Morgan fingerprint density at radius 3 is 2.81 bits per heavy atom. The van der Waals surface area contributed by atoms with Crippen LogP contribution < -0.4 is 5.32 Å². The first kappa shape index (κ1) is 11.0. The van der Waals surface area contributed by atoms with Crippen molar-refractivity contribution in [3.63, 3.8) is 0 Å². The predicted molar refractivity (Wildman–Crippen MR) is 67.6 cm³/mol. The van der Waals surface area contributed by atoms with E-state index in [-0.39, 0.29) is 0 Å². The molecule has 0 aliphatic heterocycles. The van der Waals surface area contributed by atoms with Crippen LogP contribution in [0.2, 0.25) is 0 Å². The number of rotatable bonds is 4. The third-order valence-electron chi connectivity index (χ3n) is 2.16. The zero-order chi connectivity index (χ0) is 11.2. The number of thioether (sulfide) groups is 1. The molecule has 4 heteroatoms. The standard InChI is InChI=1S/C12H13N3S/c1-13-11-7-14-9-15-12(11)16-8-10-5-3-2-4-6-10/h2-7,9,13H,8H2,1H3. The minimum atomic E-state index is 0.923. The number of anilines is 1. The molecule has 0 saturated carbocycles. The minimum Gasteiger partial charge on any atom is -0.385 e. The molecule has 0 bridgehead atoms. The highest BCUT2D eigenvalue weighted by molar-refractivity contribution is 7.98. The van der Waals surface area contributed by atoms with Gasteiger partial charge in [-0.1, -0.05) is 42.1 Å². The summed E-state index contributed by atoms with van der Waals surface area (Å²) in [6, 6.07) is 10.4. The van der Waals surface area contributed by atoms with Crippen LogP contribution in [0.4, 0.5) is 5.69 Å². The molecule has 1 aromatic carbocycles. The number of benzene rings is 1. The van der Waals surface area contributed by atoms with E-state index in [1.54, 1.807) is 24.3 Å². The Morgan fingerprint density at radius 1 is 1.25 bits per heavy atom. The van der Waals surface area contributed by atoms with Gasteiger partial charge in [-0.3, -0.25) is 0 Å². The van der Waals surface area contributed by atoms with E-state index in [0.717, 1.165) is 16.5 Å². The van der Waals surface area contributed by atoms with Gasteiger partial charge in [0.15, 0.2) is 0 Å². The molecule has 1 aromatic heterocycles. The topological polar surface area (TPSA) is 37.8 Å². The molecule has 82 valence electrons. The highest BCUT2D eigenvalue weighted by Crippen LogP contribution is 2.26. The molecule has 0 amide bonds. The molecule has 0 spiro atoms. The molecule has 0 aliphatic rings. The summed E-state index contributed by atoms with van der Waals surface area (Å²) in [4.78, 5) is 8.24. The van der Waals surface area contributed by atoms with Crippen molar-refractivity contribution in [1.82, 2.24) is 9.97 Å². The first-order valence-electron chi connectivity index (χ1n) is 5.04. The molecular formula is C12H13N3S. The summed E-state index contributed by atoms with van der Waals surface area (Å²) in [6.45, 7) is 0. The summed E-state index contributed by atoms with van der Waals surface area (Å²) in [6.07, 6.45) is 3.37. The molecule has 0 saturated heterocycles. The number of nitrogens with one attached hydrogen (secondary N) is 1. The maximum Gasteiger partial charge on any atom is 0.123 e. The summed E-state index contributed by atoms with van der Waals surface area (Å²) < 4.78 is 0. The van der Waals surface area contributed by atoms with Gasteiger partial charge in [0, 0.05) is 12.8 Å². The largest absolute Gasteiger partial charge is 0.385 e. The van der Waals surface area contributed by atoms with E-state index >= 15 is 0 Å². The van der Waals surface area contributed by atoms with Gasteiger partial charge in [0.2, 0.25) is 0 Å². The van der Waals surface area contributed by atoms with Crippen molar-refractivity contribution in [3.8, 4) is 0 Å². The number of hydrogen-bond acceptors (Lipinski definition) is 4. The molecule has 0 radical (unpaired) electrons. The maximum absolute atomic E-state index is 4.25. The lowest BCUT2D eigenvalue weighted by atomic mass is 10.2. The molecule has 2 aromatic rings. The molecule has 0 unspecified atom stereocenters. The van der Waals surface area contributed by atoms with Gasteiger partial charge in [-0.15, -0.1) is 0 Å². The lowest BCUT2D eigenvalue weighted by Crippen LogP contribution is -1.94. The van der Waals surface area contributed by atoms with Gasteiger partial charge in [0.25, 0.3) is 0 Å². The number of nitrogens with zero attached hydrogens (tertiary/aromatic N) is 2. The third-order valence-corrected chi connectivity index (χ3v) is 3.24. The van der Waals surface area contributed by atoms with Crippen LogP contribution >= 0.6 is 11.8 Å². The number of hydrogen-bond donors (Lipinski definition) is 1. The van der Waals surface area contributed by atoms with Crippen LogP contribution in [-0.2, 0) is 5.75 Å². The molecule has 2 rings (SSSR count). The van der Waals surface area contributed by atoms with Gasteiger partial charge >= 0.3 is 0 Å². The van der Waals surface area contributed by atoms with Gasteiger partial charge in [0.1, 0.15) is 11.4 Å². The summed E-state index contributed by atoms with van der Waals surface area (Å²) in [7, 11) is 1.88. The summed E-state index contributed by atoms with van der Waals surface area (Å²) in [5.74, 6) is 0.923. The second-order valence-electron chi connectivity index (χ2n) is 3.27. The molecule has 0 atom stereocenters. The van der Waals surface area contributed by atoms with Crippen LogP contribution in [0.25, 0.3) is 0 Å². The zero-order valence-electron chi connectivity index (χ0n) is 9.05. The number of aromatic nitrogens is 2. The highest BCUT2D eigenvalue weighted by Gasteiger charge is 2.02. The van der Waals surface area contributed by atoms with Crippen molar-refractivity contribution >= 4 is 17.4 Å². The molecular weight excluding hydrogens is 218 g/mol. The van der Waals surface area contributed by atoms with Crippen LogP contribution in [-0.4, -0.2) is 17.0 Å². The van der Waals surface area contributed by atoms with Crippen molar-refractivity contribution in [1.29, 1.82) is 0 Å². The third kappa shape index (κ3) is 2.73. The van der Waals surface area contributed by atoms with Crippen LogP contribution in [0, 0.1) is 0 Å². The Kier molecular flexibility index (Phi) is 3.77. The second-order valence-corrected chi connectivity index (χ2v) is 4.23. The van der Waals surface area contributed by atoms with Crippen molar-refractivity contribution in [2.24, 2.45) is 0 Å². The van der Waals surface area contributed by atoms with E-state index in [2.05, 4.69) is 39.6 Å². The van der Waals surface area contributed by atoms with Gasteiger partial charge in [0.05, 0.1) is 11.9 Å². The van der Waals surface area contributed by atoms with E-state index in [1.807, 2.05) is 13.1 Å². The van der Waals surface area contributed by atoms with Crippen LogP contribution in [0.3, 0.4) is 0 Å². The summed E-state index contributed by atoms with van der Waals surface area (Å²) in [5.41, 5.74) is 2.27. The second kappa shape index (κ2) is 5.51. The minimum absolute atomic E-state index is 0.923. The van der Waals surface area contributed by atoms with Crippen molar-refractivity contribution < 1.29 is 0 Å². The van der Waals surface area contributed by atoms with Crippen molar-refractivity contribution in [2.45, 2.75) is 10.8 Å². The Hall–Kier alpha value is -1.55. The highest BCUT2D eigenvalue weighted by atomic mass is 32.2. The van der Waals surface area contributed by atoms with Crippen LogP contribution in [0.1, 0.15) is 5.56 Å². The Labute approximate surface area is 99.3 Å². The first-order valence-corrected chi connectivity index (χ1v) is 6.03. The monoisotopic (exact) mass is 231 g/mol. The van der Waals surface area contributed by atoms with Gasteiger partial charge in [-0.25, -0.2) is 9.97 Å². The van der Waals surface area contributed by atoms with E-state index in [9.17, 15) is 0 Å². The molecule has 1 heterocycles. The smallest absolute Gasteiger partial charge is 0.123 e. The Morgan fingerprint density at radius 2 is 2.06 bits per heavy atom. The fourth-order valence-electron chi connectivity index (χ4n) is 1.33. The normalized spacial score (nSPS) is 10.1. The Balaban J connectivity index is 2.05. The SMILES string of the molecule is CNc1cncnc1SCc1ccccc1. The summed E-state index contributed by atoms with van der Waals surface area (Å²) >= 11 is 1.71. The molecule has 0 aliphatic carbocycles. The van der Waals surface area contributed by atoms with Crippen LogP contribution in [0.15, 0.2) is 47.9 Å². The van der Waals surface area contributed by atoms with Crippen molar-refractivity contribution in [3.05, 3.63) is 48.4 Å². The lowest BCUT2D eigenvalue weighted by molar-refractivity contribution is 1.05. The molecule has 16 heavy (non-hydrogen) atoms. The average molecular weight is 231 g/mol. The van der Waals surface area contributed by atoms with Crippen LogP contribution in [0.5, 0.6) is 0 Å². The molecule has 3 nitrogen and oxygen atoms in total. The first-order chi connectivity index (χ1) is 7.90.